The second kappa shape index (κ2) is 18.4. The number of halogens is 4. The van der Waals surface area contributed by atoms with E-state index in [0.29, 0.717) is 0 Å². The van der Waals surface area contributed by atoms with Crippen LogP contribution in [0.15, 0.2) is 106 Å². The second-order valence-corrected chi connectivity index (χ2v) is 20.6. The van der Waals surface area contributed by atoms with E-state index in [0.717, 1.165) is 15.4 Å². The average Bonchev–Trinajstić information content (AvgIpc) is 3.71. The Labute approximate surface area is 359 Å². The molecule has 6 rings (SSSR count). The van der Waals surface area contributed by atoms with Crippen molar-refractivity contribution in [1.29, 1.82) is 0 Å². The number of hydrogen-bond acceptors (Lipinski definition) is 0. The minimum atomic E-state index is 0. The zero-order valence-corrected chi connectivity index (χ0v) is 40.1. The predicted octanol–water partition coefficient (Wildman–Crippen LogP) is 8.54. The van der Waals surface area contributed by atoms with Gasteiger partial charge in [0.2, 0.25) is 0 Å². The Morgan fingerprint density at radius 1 is 0.558 bits per heavy atom. The van der Waals surface area contributed by atoms with Gasteiger partial charge < -0.3 is 24.8 Å². The summed E-state index contributed by atoms with van der Waals surface area (Å²) in [6, 6.07) is 29.2. The number of rotatable bonds is 2. The standard InChI is InChI=1S/C29H41.C13H8Br2.C5H5.2ClH.Zr/c1-26(2,3)22-14-18-13-19-15-23(27(4,5)6)25(29(10,11)12)17-21(19)20(18)16-24(22)28(7,8)9;14-12-5-1-10(2-6-12)9-11-3-7-13(15)8-4-11;1-2-4-5-3-1;;;/h13-17H,1-12H3;1-8H;1-3H,4H2;2*1H;/q-1;;-1;;;+2/p-2. The maximum absolute atomic E-state index is 3.45. The molecule has 0 bridgehead atoms. The van der Waals surface area contributed by atoms with Crippen molar-refractivity contribution in [3.63, 3.8) is 0 Å². The van der Waals surface area contributed by atoms with Crippen LogP contribution in [-0.4, -0.2) is 3.21 Å². The van der Waals surface area contributed by atoms with Crippen molar-refractivity contribution in [2.75, 3.05) is 0 Å². The smallest absolute Gasteiger partial charge is 0.0142 e. The summed E-state index contributed by atoms with van der Waals surface area (Å²) in [5.74, 6) is 0. The van der Waals surface area contributed by atoms with Crippen molar-refractivity contribution < 1.29 is 49.0 Å². The average molecular weight is 941 g/mol. The maximum Gasteiger partial charge on any atom is -0.0142 e. The molecule has 276 valence electrons. The van der Waals surface area contributed by atoms with E-state index in [4.69, 9.17) is 0 Å². The molecule has 5 aromatic rings. The Hall–Kier alpha value is -1.48. The third kappa shape index (κ3) is 12.0. The van der Waals surface area contributed by atoms with Gasteiger partial charge >= 0.3 is 128 Å². The van der Waals surface area contributed by atoms with Crippen LogP contribution in [0.5, 0.6) is 0 Å². The SMILES string of the molecule is Brc1ccc([C](=[Zr+2])c2ccc(Br)cc2)cc1.CC(C)(C)c1cc2[cH-]c3cc(C(C)(C)C)c(C(C)(C)C)cc3c2cc1C(C)(C)C.[C-]1=CC=CC1.[Cl-].[Cl-]. The zero-order valence-electron chi connectivity index (χ0n) is 33.0. The molecule has 0 spiro atoms. The van der Waals surface area contributed by atoms with Gasteiger partial charge in [0.25, 0.3) is 0 Å². The first-order valence-corrected chi connectivity index (χ1v) is 20.4. The molecule has 52 heavy (non-hydrogen) atoms. The molecule has 0 amide bonds. The molecule has 1 aliphatic carbocycles. The number of benzene rings is 4. The van der Waals surface area contributed by atoms with E-state index in [-0.39, 0.29) is 46.5 Å². The van der Waals surface area contributed by atoms with E-state index in [1.165, 1.54) is 82.4 Å². The van der Waals surface area contributed by atoms with E-state index in [9.17, 15) is 0 Å². The molecule has 0 aromatic heterocycles. The Balaban J connectivity index is 0.000000340. The minimum absolute atomic E-state index is 0. The molecule has 0 nitrogen and oxygen atoms in total. The summed E-state index contributed by atoms with van der Waals surface area (Å²) < 4.78 is 3.62. The largest absolute Gasteiger partial charge is 1.00 e. The van der Waals surface area contributed by atoms with E-state index in [1.54, 1.807) is 0 Å². The summed E-state index contributed by atoms with van der Waals surface area (Å²) in [4.78, 5) is 0. The number of hydrogen-bond donors (Lipinski definition) is 0. The summed E-state index contributed by atoms with van der Waals surface area (Å²) in [5.41, 5.74) is 8.99. The molecular formula is C47H54Br2Cl2Zr-2. The molecule has 1 aliphatic rings. The number of fused-ring (bicyclic) bond motifs is 3. The fraction of sp³-hybridized carbons (Fsp3) is 0.362. The molecule has 0 radical (unpaired) electrons. The molecule has 0 heterocycles. The molecule has 0 N–H and O–H groups in total. The maximum atomic E-state index is 3.45. The third-order valence-corrected chi connectivity index (χ3v) is 11.5. The fourth-order valence-electron chi connectivity index (χ4n) is 6.33. The second-order valence-electron chi connectivity index (χ2n) is 17.5. The number of allylic oxidation sites excluding steroid dienone is 4. The fourth-order valence-corrected chi connectivity index (χ4v) is 7.68. The van der Waals surface area contributed by atoms with Crippen molar-refractivity contribution in [2.45, 2.75) is 111 Å². The Bertz CT molecular complexity index is 1870. The van der Waals surface area contributed by atoms with Crippen LogP contribution in [0.3, 0.4) is 0 Å². The molecule has 0 atom stereocenters. The molecule has 5 heteroatoms. The van der Waals surface area contributed by atoms with Crippen LogP contribution in [0, 0.1) is 6.08 Å². The topological polar surface area (TPSA) is 0 Å². The van der Waals surface area contributed by atoms with Crippen molar-refractivity contribution in [1.82, 2.24) is 0 Å². The summed E-state index contributed by atoms with van der Waals surface area (Å²) in [6.07, 6.45) is 10.0. The molecule has 0 aliphatic heterocycles. The van der Waals surface area contributed by atoms with E-state index < -0.39 is 0 Å². The van der Waals surface area contributed by atoms with Gasteiger partial charge in [-0.25, -0.2) is 12.2 Å². The van der Waals surface area contributed by atoms with E-state index in [2.05, 4.69) is 206 Å². The van der Waals surface area contributed by atoms with Crippen LogP contribution in [0.1, 0.15) is 123 Å². The summed E-state index contributed by atoms with van der Waals surface area (Å²) >= 11 is 8.34. The van der Waals surface area contributed by atoms with Gasteiger partial charge in [-0.05, 0) is 21.7 Å². The van der Waals surface area contributed by atoms with Crippen molar-refractivity contribution in [3.05, 3.63) is 145 Å². The van der Waals surface area contributed by atoms with Gasteiger partial charge in [-0.1, -0.05) is 117 Å². The van der Waals surface area contributed by atoms with Crippen LogP contribution in [0.4, 0.5) is 0 Å². The van der Waals surface area contributed by atoms with Crippen molar-refractivity contribution >= 4 is 56.6 Å². The molecule has 0 saturated heterocycles. The summed E-state index contributed by atoms with van der Waals surface area (Å²) in [5, 5.41) is 5.57. The molecule has 0 fully saturated rings. The van der Waals surface area contributed by atoms with Gasteiger partial charge in [-0.2, -0.15) is 6.08 Å². The molecule has 0 saturated carbocycles. The quantitative estimate of drug-likeness (QED) is 0.156. The third-order valence-electron chi connectivity index (χ3n) is 9.06. The normalized spacial score (nSPS) is 12.8. The summed E-state index contributed by atoms with van der Waals surface area (Å²) in [6.45, 7) is 28.0. The van der Waals surface area contributed by atoms with Crippen LogP contribution < -0.4 is 24.8 Å². The first kappa shape index (κ1) is 46.7. The van der Waals surface area contributed by atoms with Gasteiger partial charge in [-0.15, -0.1) is 46.2 Å². The Morgan fingerprint density at radius 2 is 0.885 bits per heavy atom. The van der Waals surface area contributed by atoms with Gasteiger partial charge in [0, 0.05) is 0 Å². The minimum Gasteiger partial charge on any atom is -1.00 e. The molecule has 5 aromatic carbocycles. The van der Waals surface area contributed by atoms with Crippen molar-refractivity contribution in [2.24, 2.45) is 0 Å². The van der Waals surface area contributed by atoms with Crippen LogP contribution in [0.2, 0.25) is 0 Å². The molecular weight excluding hydrogens is 886 g/mol. The Morgan fingerprint density at radius 3 is 1.13 bits per heavy atom. The van der Waals surface area contributed by atoms with Crippen LogP contribution in [0.25, 0.3) is 21.5 Å². The molecule has 0 unspecified atom stereocenters. The summed E-state index contributed by atoms with van der Waals surface area (Å²) in [7, 11) is 0. The van der Waals surface area contributed by atoms with Gasteiger partial charge in [0.15, 0.2) is 0 Å². The van der Waals surface area contributed by atoms with E-state index in [1.807, 2.05) is 12.2 Å². The van der Waals surface area contributed by atoms with Gasteiger partial charge in [-0.3, -0.25) is 6.08 Å². The Kier molecular flexibility index (Phi) is 16.6. The predicted molar refractivity (Wildman–Crippen MR) is 225 cm³/mol. The van der Waals surface area contributed by atoms with Crippen molar-refractivity contribution in [3.8, 4) is 0 Å². The first-order chi connectivity index (χ1) is 23.1. The van der Waals surface area contributed by atoms with E-state index >= 15 is 0 Å². The monoisotopic (exact) mass is 936 g/mol. The zero-order chi connectivity index (χ0) is 37.2. The van der Waals surface area contributed by atoms with Crippen LogP contribution >= 0.6 is 31.9 Å². The van der Waals surface area contributed by atoms with Gasteiger partial charge in [0.05, 0.1) is 0 Å². The first-order valence-electron chi connectivity index (χ1n) is 17.6. The van der Waals surface area contributed by atoms with Gasteiger partial charge in [0.1, 0.15) is 0 Å². The van der Waals surface area contributed by atoms with Crippen LogP contribution in [-0.2, 0) is 45.9 Å².